The summed E-state index contributed by atoms with van der Waals surface area (Å²) < 4.78 is 0. The highest BCUT2D eigenvalue weighted by Gasteiger charge is 2.25. The molecule has 1 aromatic rings. The van der Waals surface area contributed by atoms with Crippen molar-refractivity contribution in [3.8, 4) is 0 Å². The molecule has 8 heteroatoms. The van der Waals surface area contributed by atoms with Crippen LogP contribution < -0.4 is 16.4 Å². The maximum absolute atomic E-state index is 11.6. The van der Waals surface area contributed by atoms with Crippen LogP contribution in [0.3, 0.4) is 0 Å². The smallest absolute Gasteiger partial charge is 0.319 e. The number of nitro benzene ring substituents is 1. The first-order valence-electron chi connectivity index (χ1n) is 5.81. The molecule has 0 aliphatic heterocycles. The van der Waals surface area contributed by atoms with E-state index in [-0.39, 0.29) is 12.2 Å². The fraction of sp³-hybridized carbons (Fsp3) is 0.333. The number of nitrogens with one attached hydrogen (secondary N) is 2. The molecule has 0 bridgehead atoms. The summed E-state index contributed by atoms with van der Waals surface area (Å²) in [4.78, 5) is 32.6. The van der Waals surface area contributed by atoms with Gasteiger partial charge in [0.1, 0.15) is 0 Å². The molecule has 3 amide bonds. The molecule has 0 aliphatic carbocycles. The van der Waals surface area contributed by atoms with Gasteiger partial charge in [-0.15, -0.1) is 0 Å². The van der Waals surface area contributed by atoms with Crippen molar-refractivity contribution in [2.45, 2.75) is 13.8 Å². The highest BCUT2D eigenvalue weighted by atomic mass is 16.6. The Morgan fingerprint density at radius 2 is 1.85 bits per heavy atom. The minimum Gasteiger partial charge on any atom is -0.369 e. The van der Waals surface area contributed by atoms with E-state index in [1.165, 1.54) is 24.3 Å². The van der Waals surface area contributed by atoms with E-state index < -0.39 is 22.3 Å². The lowest BCUT2D eigenvalue weighted by Gasteiger charge is -2.20. The first-order chi connectivity index (χ1) is 9.22. The van der Waals surface area contributed by atoms with E-state index >= 15 is 0 Å². The number of benzene rings is 1. The zero-order valence-corrected chi connectivity index (χ0v) is 11.2. The van der Waals surface area contributed by atoms with E-state index in [9.17, 15) is 19.7 Å². The summed E-state index contributed by atoms with van der Waals surface area (Å²) in [5.41, 5.74) is 4.67. The van der Waals surface area contributed by atoms with Crippen LogP contribution in [0.4, 0.5) is 16.2 Å². The average Bonchev–Trinajstić information content (AvgIpc) is 2.37. The third-order valence-corrected chi connectivity index (χ3v) is 2.69. The minimum absolute atomic E-state index is 0.0641. The molecule has 4 N–H and O–H groups in total. The van der Waals surface area contributed by atoms with Crippen molar-refractivity contribution in [2.24, 2.45) is 11.1 Å². The quantitative estimate of drug-likeness (QED) is 0.553. The van der Waals surface area contributed by atoms with Crippen LogP contribution in [0.5, 0.6) is 0 Å². The maximum Gasteiger partial charge on any atom is 0.319 e. The Morgan fingerprint density at radius 1 is 1.30 bits per heavy atom. The topological polar surface area (TPSA) is 127 Å². The van der Waals surface area contributed by atoms with Gasteiger partial charge < -0.3 is 16.4 Å². The standard InChI is InChI=1S/C12H16N4O4/c1-12(2,10(13)17)7-14-11(18)15-8-3-5-9(6-4-8)16(19)20/h3-6H,7H2,1-2H3,(H2,13,17)(H2,14,15,18). The zero-order valence-electron chi connectivity index (χ0n) is 11.2. The number of urea groups is 1. The maximum atomic E-state index is 11.6. The van der Waals surface area contributed by atoms with Crippen LogP contribution >= 0.6 is 0 Å². The zero-order chi connectivity index (χ0) is 15.3. The van der Waals surface area contributed by atoms with Crippen molar-refractivity contribution in [3.05, 3.63) is 34.4 Å². The molecule has 1 aromatic carbocycles. The fourth-order valence-electron chi connectivity index (χ4n) is 1.23. The van der Waals surface area contributed by atoms with Crippen molar-refractivity contribution in [3.63, 3.8) is 0 Å². The van der Waals surface area contributed by atoms with Gasteiger partial charge in [0.15, 0.2) is 0 Å². The van der Waals surface area contributed by atoms with Crippen LogP contribution in [0.25, 0.3) is 0 Å². The number of nitrogens with two attached hydrogens (primary N) is 1. The average molecular weight is 280 g/mol. The number of rotatable bonds is 5. The second-order valence-electron chi connectivity index (χ2n) is 4.86. The van der Waals surface area contributed by atoms with E-state index in [1.54, 1.807) is 13.8 Å². The van der Waals surface area contributed by atoms with Crippen LogP contribution in [0.2, 0.25) is 0 Å². The van der Waals surface area contributed by atoms with Crippen LogP contribution in [0, 0.1) is 15.5 Å². The van der Waals surface area contributed by atoms with Gasteiger partial charge in [0.2, 0.25) is 5.91 Å². The Hall–Kier alpha value is -2.64. The third kappa shape index (κ3) is 4.23. The molecule has 0 fully saturated rings. The molecule has 0 atom stereocenters. The van der Waals surface area contributed by atoms with Gasteiger partial charge in [-0.3, -0.25) is 14.9 Å². The summed E-state index contributed by atoms with van der Waals surface area (Å²) in [5, 5.41) is 15.5. The van der Waals surface area contributed by atoms with E-state index in [0.29, 0.717) is 5.69 Å². The number of non-ortho nitro benzene ring substituents is 1. The summed E-state index contributed by atoms with van der Waals surface area (Å²) in [6, 6.07) is 4.87. The number of amides is 3. The van der Waals surface area contributed by atoms with Gasteiger partial charge in [0, 0.05) is 24.4 Å². The van der Waals surface area contributed by atoms with Crippen LogP contribution in [0.1, 0.15) is 13.8 Å². The number of anilines is 1. The third-order valence-electron chi connectivity index (χ3n) is 2.69. The Balaban J connectivity index is 2.54. The predicted molar refractivity (Wildman–Crippen MR) is 73.1 cm³/mol. The lowest BCUT2D eigenvalue weighted by atomic mass is 9.93. The normalized spacial score (nSPS) is 10.7. The number of carbonyl (C=O) groups excluding carboxylic acids is 2. The number of hydrogen-bond acceptors (Lipinski definition) is 4. The van der Waals surface area contributed by atoms with Crippen LogP contribution in [-0.4, -0.2) is 23.4 Å². The van der Waals surface area contributed by atoms with Gasteiger partial charge in [0.25, 0.3) is 5.69 Å². The van der Waals surface area contributed by atoms with Gasteiger partial charge in [-0.2, -0.15) is 0 Å². The van der Waals surface area contributed by atoms with Crippen molar-refractivity contribution in [2.75, 3.05) is 11.9 Å². The minimum atomic E-state index is -0.854. The molecule has 0 saturated carbocycles. The molecule has 0 heterocycles. The lowest BCUT2D eigenvalue weighted by molar-refractivity contribution is -0.384. The van der Waals surface area contributed by atoms with Gasteiger partial charge >= 0.3 is 6.03 Å². The van der Waals surface area contributed by atoms with Crippen LogP contribution in [-0.2, 0) is 4.79 Å². The molecule has 20 heavy (non-hydrogen) atoms. The van der Waals surface area contributed by atoms with E-state index in [4.69, 9.17) is 5.73 Å². The first-order valence-corrected chi connectivity index (χ1v) is 5.81. The second kappa shape index (κ2) is 6.00. The number of carbonyl (C=O) groups is 2. The van der Waals surface area contributed by atoms with Gasteiger partial charge in [-0.1, -0.05) is 0 Å². The van der Waals surface area contributed by atoms with Crippen molar-refractivity contribution in [1.29, 1.82) is 0 Å². The summed E-state index contributed by atoms with van der Waals surface area (Å²) >= 11 is 0. The second-order valence-corrected chi connectivity index (χ2v) is 4.86. The number of nitrogens with zero attached hydrogens (tertiary/aromatic N) is 1. The Kier molecular flexibility index (Phi) is 4.63. The molecular weight excluding hydrogens is 264 g/mol. The summed E-state index contributed by atoms with van der Waals surface area (Å²) in [6.45, 7) is 3.31. The molecule has 0 saturated heterocycles. The van der Waals surface area contributed by atoms with E-state index in [2.05, 4.69) is 10.6 Å². The summed E-state index contributed by atoms with van der Waals surface area (Å²) in [5.74, 6) is -0.520. The monoisotopic (exact) mass is 280 g/mol. The molecule has 0 aliphatic rings. The van der Waals surface area contributed by atoms with Gasteiger partial charge in [-0.25, -0.2) is 4.79 Å². The lowest BCUT2D eigenvalue weighted by Crippen LogP contribution is -2.43. The van der Waals surface area contributed by atoms with Gasteiger partial charge in [0.05, 0.1) is 10.3 Å². The Bertz CT molecular complexity index is 525. The van der Waals surface area contributed by atoms with Crippen molar-refractivity contribution < 1.29 is 14.5 Å². The van der Waals surface area contributed by atoms with E-state index in [1.807, 2.05) is 0 Å². The molecule has 0 aromatic heterocycles. The van der Waals surface area contributed by atoms with Crippen molar-refractivity contribution in [1.82, 2.24) is 5.32 Å². The molecule has 108 valence electrons. The Labute approximate surface area is 115 Å². The molecule has 1 rings (SSSR count). The number of nitro groups is 1. The summed E-state index contributed by atoms with van der Waals surface area (Å²) in [7, 11) is 0. The molecule has 0 unspecified atom stereocenters. The highest BCUT2D eigenvalue weighted by molar-refractivity contribution is 5.90. The van der Waals surface area contributed by atoms with Gasteiger partial charge in [-0.05, 0) is 26.0 Å². The fourth-order valence-corrected chi connectivity index (χ4v) is 1.23. The SMILES string of the molecule is CC(C)(CNC(=O)Nc1ccc([N+](=O)[O-])cc1)C(N)=O. The number of hydrogen-bond donors (Lipinski definition) is 3. The number of primary amides is 1. The largest absolute Gasteiger partial charge is 0.369 e. The van der Waals surface area contributed by atoms with Crippen molar-refractivity contribution >= 4 is 23.3 Å². The molecular formula is C12H16N4O4. The molecule has 0 spiro atoms. The van der Waals surface area contributed by atoms with E-state index in [0.717, 1.165) is 0 Å². The molecule has 0 radical (unpaired) electrons. The summed E-state index contributed by atoms with van der Waals surface area (Å²) in [6.07, 6.45) is 0. The van der Waals surface area contributed by atoms with Crippen LogP contribution in [0.15, 0.2) is 24.3 Å². The predicted octanol–water partition coefficient (Wildman–Crippen LogP) is 1.23. The highest BCUT2D eigenvalue weighted by Crippen LogP contribution is 2.15. The Morgan fingerprint density at radius 3 is 2.30 bits per heavy atom. The molecule has 8 nitrogen and oxygen atoms in total. The first kappa shape index (κ1) is 15.4.